The third-order valence-corrected chi connectivity index (χ3v) is 12.1. The molecule has 9 N–H and O–H groups in total. The van der Waals surface area contributed by atoms with Crippen molar-refractivity contribution in [3.8, 4) is 0 Å². The number of carboxylic acid groups (broad SMARTS) is 1. The van der Waals surface area contributed by atoms with E-state index in [1.165, 1.54) is 30.4 Å². The van der Waals surface area contributed by atoms with Crippen molar-refractivity contribution in [3.63, 3.8) is 0 Å². The monoisotopic (exact) mass is 712 g/mol. The number of dihydropyridines is 1. The molecule has 1 saturated carbocycles. The first-order chi connectivity index (χ1) is 24.5. The summed E-state index contributed by atoms with van der Waals surface area (Å²) in [6.07, 6.45) is 22.6. The minimum Gasteiger partial charge on any atom is -0.481 e. The van der Waals surface area contributed by atoms with Gasteiger partial charge in [0.15, 0.2) is 0 Å². The summed E-state index contributed by atoms with van der Waals surface area (Å²) in [5, 5.41) is 56.8. The fraction of sp³-hybridized carbons (Fsp3) is 0.738. The zero-order valence-electron chi connectivity index (χ0n) is 31.5. The Hall–Kier alpha value is -2.59. The number of nitrogens with one attached hydrogen (secondary N) is 2. The summed E-state index contributed by atoms with van der Waals surface area (Å²) in [6, 6.07) is 2.20. The van der Waals surface area contributed by atoms with E-state index in [4.69, 9.17) is 5.73 Å². The van der Waals surface area contributed by atoms with Gasteiger partial charge >= 0.3 is 5.97 Å². The normalized spacial score (nSPS) is 27.5. The standard InChI is InChI=1S/C42H69N3O6/c1-3-5-7-11-29-15-16-33(39(48)24-29)12-8-6-9-13-36(41(49)50)38(47)17-19-42(51)28-31(22-30-18-20-44-40(43)25-30)23-34(42)27-35-26-32(4-2)37(45-35)14-10-21-46/h15-16,18,25-26,29,31,33-34,36,38-39,44-48,51H,3-14,17,19-24,27-28,43H2,1-2H3,(H,49,50). The Morgan fingerprint density at radius 2 is 1.84 bits per heavy atom. The molecule has 0 spiro atoms. The van der Waals surface area contributed by atoms with Crippen LogP contribution < -0.4 is 11.1 Å². The number of rotatable bonds is 23. The van der Waals surface area contributed by atoms with Crippen molar-refractivity contribution in [2.45, 2.75) is 154 Å². The molecule has 1 aliphatic heterocycles. The van der Waals surface area contributed by atoms with Gasteiger partial charge in [-0.15, -0.1) is 0 Å². The number of aromatic amines is 1. The van der Waals surface area contributed by atoms with Crippen molar-refractivity contribution in [2.75, 3.05) is 13.2 Å². The maximum Gasteiger partial charge on any atom is 0.309 e. The van der Waals surface area contributed by atoms with E-state index < -0.39 is 23.6 Å². The lowest BCUT2D eigenvalue weighted by molar-refractivity contribution is -0.146. The highest BCUT2D eigenvalue weighted by Gasteiger charge is 2.46. The molecule has 9 nitrogen and oxygen atoms in total. The predicted octanol–water partition coefficient (Wildman–Crippen LogP) is 6.45. The number of carboxylic acids is 1. The largest absolute Gasteiger partial charge is 0.481 e. The number of hydrogen-bond acceptors (Lipinski definition) is 7. The van der Waals surface area contributed by atoms with Crippen LogP contribution in [0.15, 0.2) is 41.8 Å². The number of allylic oxidation sites excluding steroid dienone is 3. The van der Waals surface area contributed by atoms with Crippen LogP contribution in [0.2, 0.25) is 0 Å². The number of nitrogens with two attached hydrogens (primary N) is 1. The maximum atomic E-state index is 12.3. The number of carbonyl (C=O) groups is 1. The van der Waals surface area contributed by atoms with Crippen molar-refractivity contribution in [3.05, 3.63) is 58.7 Å². The molecular formula is C42H69N3O6. The second kappa shape index (κ2) is 20.6. The van der Waals surface area contributed by atoms with Crippen molar-refractivity contribution in [2.24, 2.45) is 35.3 Å². The lowest BCUT2D eigenvalue weighted by atomic mass is 9.80. The van der Waals surface area contributed by atoms with E-state index in [1.807, 2.05) is 6.08 Å². The van der Waals surface area contributed by atoms with Gasteiger partial charge in [0.2, 0.25) is 0 Å². The molecule has 0 saturated heterocycles. The molecule has 4 rings (SSSR count). The number of H-pyrrole nitrogens is 1. The summed E-state index contributed by atoms with van der Waals surface area (Å²) >= 11 is 0. The SMILES string of the molecule is CCCCCC1C=CC(CCCCCC(C(=O)O)C(O)CCC2(O)CC(CC3=CCNC(N)=C3)CC2Cc2cc(CC)c(CCCO)[nH]2)C(O)C1. The molecular weight excluding hydrogens is 642 g/mol. The van der Waals surface area contributed by atoms with Gasteiger partial charge in [0, 0.05) is 30.5 Å². The van der Waals surface area contributed by atoms with Gasteiger partial charge in [-0.25, -0.2) is 0 Å². The van der Waals surface area contributed by atoms with Gasteiger partial charge in [-0.05, 0) is 125 Å². The average Bonchev–Trinajstić information content (AvgIpc) is 3.63. The van der Waals surface area contributed by atoms with E-state index in [-0.39, 0.29) is 36.9 Å². The summed E-state index contributed by atoms with van der Waals surface area (Å²) in [4.78, 5) is 15.9. The topological polar surface area (TPSA) is 172 Å². The zero-order chi connectivity index (χ0) is 36.8. The quantitative estimate of drug-likeness (QED) is 0.0473. The Labute approximate surface area is 306 Å². The van der Waals surface area contributed by atoms with Crippen molar-refractivity contribution < 1.29 is 30.3 Å². The molecule has 0 amide bonds. The summed E-state index contributed by atoms with van der Waals surface area (Å²) < 4.78 is 0. The van der Waals surface area contributed by atoms with Crippen molar-refractivity contribution in [1.29, 1.82) is 0 Å². The van der Waals surface area contributed by atoms with E-state index in [1.54, 1.807) is 0 Å². The van der Waals surface area contributed by atoms with Gasteiger partial charge in [0.1, 0.15) is 0 Å². The lowest BCUT2D eigenvalue weighted by Gasteiger charge is -2.32. The molecule has 51 heavy (non-hydrogen) atoms. The smallest absolute Gasteiger partial charge is 0.309 e. The number of aliphatic hydroxyl groups is 4. The van der Waals surface area contributed by atoms with Crippen molar-refractivity contribution >= 4 is 5.97 Å². The molecule has 0 bridgehead atoms. The Balaban J connectivity index is 1.32. The van der Waals surface area contributed by atoms with Crippen LogP contribution in [0.1, 0.15) is 134 Å². The molecule has 9 heteroatoms. The van der Waals surface area contributed by atoms with E-state index in [2.05, 4.69) is 48.4 Å². The highest BCUT2D eigenvalue weighted by Crippen LogP contribution is 2.47. The molecule has 0 radical (unpaired) electrons. The predicted molar refractivity (Wildman–Crippen MR) is 204 cm³/mol. The molecule has 8 atom stereocenters. The molecule has 1 aromatic heterocycles. The van der Waals surface area contributed by atoms with Crippen LogP contribution in [0.5, 0.6) is 0 Å². The Kier molecular flexibility index (Phi) is 16.6. The van der Waals surface area contributed by atoms with Crippen LogP contribution in [0.25, 0.3) is 0 Å². The van der Waals surface area contributed by atoms with Crippen molar-refractivity contribution in [1.82, 2.24) is 10.3 Å². The minimum absolute atomic E-state index is 0.0357. The summed E-state index contributed by atoms with van der Waals surface area (Å²) in [5.41, 5.74) is 9.67. The first-order valence-corrected chi connectivity index (χ1v) is 20.2. The summed E-state index contributed by atoms with van der Waals surface area (Å²) in [6.45, 7) is 5.18. The van der Waals surface area contributed by atoms with Gasteiger partial charge in [-0.3, -0.25) is 4.79 Å². The van der Waals surface area contributed by atoms with Crippen LogP contribution in [-0.2, 0) is 24.1 Å². The molecule has 2 heterocycles. The van der Waals surface area contributed by atoms with Crippen LogP contribution in [0.4, 0.5) is 0 Å². The van der Waals surface area contributed by atoms with E-state index in [9.17, 15) is 30.3 Å². The van der Waals surface area contributed by atoms with E-state index >= 15 is 0 Å². The Morgan fingerprint density at radius 1 is 1.04 bits per heavy atom. The highest BCUT2D eigenvalue weighted by molar-refractivity contribution is 5.70. The maximum absolute atomic E-state index is 12.3. The average molecular weight is 712 g/mol. The summed E-state index contributed by atoms with van der Waals surface area (Å²) in [5.74, 6) is -0.333. The third kappa shape index (κ3) is 12.5. The molecule has 1 aromatic rings. The van der Waals surface area contributed by atoms with Gasteiger partial charge in [0.05, 0.1) is 29.5 Å². The van der Waals surface area contributed by atoms with Gasteiger partial charge < -0.3 is 41.6 Å². The number of aliphatic hydroxyl groups excluding tert-OH is 3. The van der Waals surface area contributed by atoms with E-state index in [0.29, 0.717) is 56.8 Å². The molecule has 0 aromatic carbocycles. The molecule has 1 fully saturated rings. The van der Waals surface area contributed by atoms with Crippen LogP contribution in [0.3, 0.4) is 0 Å². The van der Waals surface area contributed by atoms with Gasteiger partial charge in [-0.2, -0.15) is 0 Å². The number of aliphatic carboxylic acids is 1. The first-order valence-electron chi connectivity index (χ1n) is 20.2. The Morgan fingerprint density at radius 3 is 2.55 bits per heavy atom. The van der Waals surface area contributed by atoms with Crippen LogP contribution in [0, 0.1) is 29.6 Å². The minimum atomic E-state index is -1.03. The van der Waals surface area contributed by atoms with Crippen LogP contribution in [-0.4, -0.2) is 67.4 Å². The second-order valence-corrected chi connectivity index (χ2v) is 16.0. The molecule has 288 valence electrons. The van der Waals surface area contributed by atoms with Crippen LogP contribution >= 0.6 is 0 Å². The number of unbranched alkanes of at least 4 members (excludes halogenated alkanes) is 4. The number of aryl methyl sites for hydroxylation is 2. The number of aromatic nitrogens is 1. The highest BCUT2D eigenvalue weighted by atomic mass is 16.4. The second-order valence-electron chi connectivity index (χ2n) is 16.0. The Bertz CT molecular complexity index is 1310. The first kappa shape index (κ1) is 41.2. The van der Waals surface area contributed by atoms with E-state index in [0.717, 1.165) is 69.2 Å². The fourth-order valence-corrected chi connectivity index (χ4v) is 9.12. The third-order valence-electron chi connectivity index (χ3n) is 12.1. The lowest BCUT2D eigenvalue weighted by Crippen LogP contribution is -2.37. The zero-order valence-corrected chi connectivity index (χ0v) is 31.5. The van der Waals surface area contributed by atoms with Gasteiger partial charge in [0.25, 0.3) is 0 Å². The molecule has 8 unspecified atom stereocenters. The fourth-order valence-electron chi connectivity index (χ4n) is 9.12. The summed E-state index contributed by atoms with van der Waals surface area (Å²) in [7, 11) is 0. The molecule has 3 aliphatic rings. The molecule has 2 aliphatic carbocycles. The van der Waals surface area contributed by atoms with Gasteiger partial charge in [-0.1, -0.05) is 70.6 Å². The number of hydrogen-bond donors (Lipinski definition) is 8.